The number of nitrogens with two attached hydrogens (primary N) is 1. The average Bonchev–Trinajstić information content (AvgIpc) is 2.43. The van der Waals surface area contributed by atoms with E-state index < -0.39 is 0 Å². The van der Waals surface area contributed by atoms with E-state index in [0.29, 0.717) is 17.3 Å². The first-order chi connectivity index (χ1) is 9.22. The van der Waals surface area contributed by atoms with Gasteiger partial charge in [0.15, 0.2) is 0 Å². The van der Waals surface area contributed by atoms with Crippen molar-refractivity contribution < 1.29 is 4.74 Å². The molecule has 2 aromatic rings. The molecule has 0 radical (unpaired) electrons. The summed E-state index contributed by atoms with van der Waals surface area (Å²) >= 11 is 6.02. The Labute approximate surface area is 118 Å². The number of rotatable bonds is 5. The molecule has 0 fully saturated rings. The molecule has 2 rings (SSSR count). The number of halogens is 1. The minimum absolute atomic E-state index is 0.555. The second kappa shape index (κ2) is 6.45. The van der Waals surface area contributed by atoms with Crippen LogP contribution >= 0.6 is 11.6 Å². The molecular formula is C15H17ClN2O. The molecule has 0 aliphatic heterocycles. The molecule has 0 aliphatic carbocycles. The van der Waals surface area contributed by atoms with Crippen molar-refractivity contribution in [3.05, 3.63) is 53.1 Å². The molecule has 100 valence electrons. The van der Waals surface area contributed by atoms with Crippen LogP contribution in [0.5, 0.6) is 0 Å². The van der Waals surface area contributed by atoms with Crippen LogP contribution in [-0.4, -0.2) is 13.7 Å². The number of benzene rings is 2. The molecule has 3 nitrogen and oxygen atoms in total. The van der Waals surface area contributed by atoms with Gasteiger partial charge in [0.05, 0.1) is 23.0 Å². The molecule has 0 bridgehead atoms. The molecule has 0 saturated heterocycles. The molecule has 3 N–H and O–H groups in total. The topological polar surface area (TPSA) is 47.3 Å². The molecule has 19 heavy (non-hydrogen) atoms. The van der Waals surface area contributed by atoms with E-state index in [0.717, 1.165) is 17.8 Å². The van der Waals surface area contributed by atoms with E-state index in [-0.39, 0.29) is 0 Å². The van der Waals surface area contributed by atoms with Crippen LogP contribution < -0.4 is 11.1 Å². The first-order valence-electron chi connectivity index (χ1n) is 6.10. The Morgan fingerprint density at radius 3 is 2.63 bits per heavy atom. The molecule has 0 spiro atoms. The lowest BCUT2D eigenvalue weighted by Gasteiger charge is -2.14. The quantitative estimate of drug-likeness (QED) is 0.816. The van der Waals surface area contributed by atoms with Crippen molar-refractivity contribution in [2.24, 2.45) is 0 Å². The van der Waals surface area contributed by atoms with Crippen molar-refractivity contribution in [3.63, 3.8) is 0 Å². The Balaban J connectivity index is 2.25. The standard InChI is InChI=1S/C15H17ClN2O/c1-19-10-9-11-5-2-3-7-13(11)18-14-8-4-6-12(16)15(14)17/h2-8,18H,9-10,17H2,1H3. The maximum absolute atomic E-state index is 6.02. The van der Waals surface area contributed by atoms with Gasteiger partial charge < -0.3 is 15.8 Å². The number of hydrogen-bond acceptors (Lipinski definition) is 3. The summed E-state index contributed by atoms with van der Waals surface area (Å²) in [4.78, 5) is 0. The fourth-order valence-electron chi connectivity index (χ4n) is 1.86. The number of methoxy groups -OCH3 is 1. The van der Waals surface area contributed by atoms with Crippen LogP contribution in [0.25, 0.3) is 0 Å². The molecule has 0 aromatic heterocycles. The third kappa shape index (κ3) is 3.40. The number of hydrogen-bond donors (Lipinski definition) is 2. The summed E-state index contributed by atoms with van der Waals surface area (Å²) < 4.78 is 5.12. The Kier molecular flexibility index (Phi) is 4.66. The van der Waals surface area contributed by atoms with Gasteiger partial charge in [-0.15, -0.1) is 0 Å². The highest BCUT2D eigenvalue weighted by Crippen LogP contribution is 2.30. The monoisotopic (exact) mass is 276 g/mol. The Morgan fingerprint density at radius 2 is 1.84 bits per heavy atom. The lowest BCUT2D eigenvalue weighted by Crippen LogP contribution is -2.02. The Morgan fingerprint density at radius 1 is 1.11 bits per heavy atom. The highest BCUT2D eigenvalue weighted by atomic mass is 35.5. The van der Waals surface area contributed by atoms with E-state index in [1.807, 2.05) is 30.3 Å². The molecular weight excluding hydrogens is 260 g/mol. The second-order valence-corrected chi connectivity index (χ2v) is 4.63. The van der Waals surface area contributed by atoms with Gasteiger partial charge in [-0.2, -0.15) is 0 Å². The van der Waals surface area contributed by atoms with Crippen molar-refractivity contribution in [1.82, 2.24) is 0 Å². The predicted molar refractivity (Wildman–Crippen MR) is 81.2 cm³/mol. The number of ether oxygens (including phenoxy) is 1. The first kappa shape index (κ1) is 13.7. The van der Waals surface area contributed by atoms with E-state index in [1.165, 1.54) is 5.56 Å². The summed E-state index contributed by atoms with van der Waals surface area (Å²) in [5.41, 5.74) is 9.55. The molecule has 0 heterocycles. The van der Waals surface area contributed by atoms with Crippen LogP contribution in [0.15, 0.2) is 42.5 Å². The van der Waals surface area contributed by atoms with Gasteiger partial charge in [-0.05, 0) is 30.2 Å². The highest BCUT2D eigenvalue weighted by Gasteiger charge is 2.06. The van der Waals surface area contributed by atoms with Crippen molar-refractivity contribution >= 4 is 28.7 Å². The molecule has 0 saturated carbocycles. The van der Waals surface area contributed by atoms with Crippen molar-refractivity contribution in [3.8, 4) is 0 Å². The summed E-state index contributed by atoms with van der Waals surface area (Å²) in [5, 5.41) is 3.88. The van der Waals surface area contributed by atoms with E-state index in [4.69, 9.17) is 22.1 Å². The van der Waals surface area contributed by atoms with Gasteiger partial charge in [-0.1, -0.05) is 35.9 Å². The van der Waals surface area contributed by atoms with Crippen LogP contribution in [0.2, 0.25) is 5.02 Å². The maximum atomic E-state index is 6.02. The van der Waals surface area contributed by atoms with Gasteiger partial charge in [0.2, 0.25) is 0 Å². The summed E-state index contributed by atoms with van der Waals surface area (Å²) in [6.07, 6.45) is 0.847. The van der Waals surface area contributed by atoms with Crippen molar-refractivity contribution in [2.45, 2.75) is 6.42 Å². The van der Waals surface area contributed by atoms with E-state index in [2.05, 4.69) is 11.4 Å². The van der Waals surface area contributed by atoms with Gasteiger partial charge in [0.1, 0.15) is 0 Å². The number of nitrogen functional groups attached to an aromatic ring is 1. The number of nitrogens with one attached hydrogen (secondary N) is 1. The molecule has 2 aromatic carbocycles. The third-order valence-corrected chi connectivity index (χ3v) is 3.24. The summed E-state index contributed by atoms with van der Waals surface area (Å²) in [6.45, 7) is 0.684. The van der Waals surface area contributed by atoms with Gasteiger partial charge in [0.25, 0.3) is 0 Å². The zero-order chi connectivity index (χ0) is 13.7. The van der Waals surface area contributed by atoms with Gasteiger partial charge >= 0.3 is 0 Å². The summed E-state index contributed by atoms with van der Waals surface area (Å²) in [6, 6.07) is 13.6. The Bertz CT molecular complexity index is 558. The maximum Gasteiger partial charge on any atom is 0.0742 e. The molecule has 0 unspecified atom stereocenters. The van der Waals surface area contributed by atoms with Crippen LogP contribution in [0.1, 0.15) is 5.56 Å². The van der Waals surface area contributed by atoms with E-state index in [1.54, 1.807) is 13.2 Å². The molecule has 0 amide bonds. The van der Waals surface area contributed by atoms with Crippen LogP contribution in [0.3, 0.4) is 0 Å². The SMILES string of the molecule is COCCc1ccccc1Nc1cccc(Cl)c1N. The summed E-state index contributed by atoms with van der Waals surface area (Å²) in [7, 11) is 1.70. The third-order valence-electron chi connectivity index (χ3n) is 2.92. The largest absolute Gasteiger partial charge is 0.396 e. The first-order valence-corrected chi connectivity index (χ1v) is 6.48. The molecule has 0 aliphatic rings. The predicted octanol–water partition coefficient (Wildman–Crippen LogP) is 3.85. The van der Waals surface area contributed by atoms with Crippen LogP contribution in [-0.2, 0) is 11.2 Å². The average molecular weight is 277 g/mol. The lowest BCUT2D eigenvalue weighted by molar-refractivity contribution is 0.202. The van der Waals surface area contributed by atoms with Gasteiger partial charge in [-0.3, -0.25) is 0 Å². The summed E-state index contributed by atoms with van der Waals surface area (Å²) in [5.74, 6) is 0. The van der Waals surface area contributed by atoms with Crippen LogP contribution in [0, 0.1) is 0 Å². The van der Waals surface area contributed by atoms with E-state index in [9.17, 15) is 0 Å². The number of para-hydroxylation sites is 2. The van der Waals surface area contributed by atoms with Crippen molar-refractivity contribution in [2.75, 3.05) is 24.8 Å². The molecule has 4 heteroatoms. The second-order valence-electron chi connectivity index (χ2n) is 4.23. The minimum atomic E-state index is 0.555. The minimum Gasteiger partial charge on any atom is -0.396 e. The van der Waals surface area contributed by atoms with Crippen LogP contribution in [0.4, 0.5) is 17.1 Å². The fraction of sp³-hybridized carbons (Fsp3) is 0.200. The fourth-order valence-corrected chi connectivity index (χ4v) is 2.04. The number of anilines is 3. The zero-order valence-corrected chi connectivity index (χ0v) is 11.6. The molecule has 0 atom stereocenters. The Hall–Kier alpha value is -1.71. The smallest absolute Gasteiger partial charge is 0.0742 e. The highest BCUT2D eigenvalue weighted by molar-refractivity contribution is 6.33. The lowest BCUT2D eigenvalue weighted by atomic mass is 10.1. The van der Waals surface area contributed by atoms with Gasteiger partial charge in [-0.25, -0.2) is 0 Å². The normalized spacial score (nSPS) is 10.4. The van der Waals surface area contributed by atoms with Crippen molar-refractivity contribution in [1.29, 1.82) is 0 Å². The van der Waals surface area contributed by atoms with E-state index >= 15 is 0 Å². The van der Waals surface area contributed by atoms with Gasteiger partial charge in [0, 0.05) is 12.8 Å². The zero-order valence-electron chi connectivity index (χ0n) is 10.8.